The molecule has 39 heavy (non-hydrogen) atoms. The van der Waals surface area contributed by atoms with Crippen molar-refractivity contribution in [2.24, 2.45) is 11.7 Å². The lowest BCUT2D eigenvalue weighted by atomic mass is 9.96. The summed E-state index contributed by atoms with van der Waals surface area (Å²) in [7, 11) is 1.60. The second kappa shape index (κ2) is 10.7. The van der Waals surface area contributed by atoms with Gasteiger partial charge in [0.25, 0.3) is 5.91 Å². The van der Waals surface area contributed by atoms with E-state index in [1.807, 2.05) is 24.3 Å². The Morgan fingerprint density at radius 2 is 1.92 bits per heavy atom. The van der Waals surface area contributed by atoms with E-state index >= 15 is 0 Å². The van der Waals surface area contributed by atoms with E-state index in [0.29, 0.717) is 41.9 Å². The van der Waals surface area contributed by atoms with E-state index < -0.39 is 11.7 Å². The zero-order chi connectivity index (χ0) is 27.9. The van der Waals surface area contributed by atoms with Crippen LogP contribution in [0.15, 0.2) is 48.7 Å². The number of ether oxygens (including phenoxy) is 1. The van der Waals surface area contributed by atoms with Crippen molar-refractivity contribution in [3.63, 3.8) is 0 Å². The number of rotatable bonds is 6. The van der Waals surface area contributed by atoms with Gasteiger partial charge in [-0.05, 0) is 61.6 Å². The van der Waals surface area contributed by atoms with Gasteiger partial charge in [0, 0.05) is 35.1 Å². The predicted octanol–water partition coefficient (Wildman–Crippen LogP) is 6.72. The molecule has 0 saturated carbocycles. The minimum absolute atomic E-state index is 0.154. The Hall–Kier alpha value is -3.37. The molecular weight excluding hydrogens is 525 g/mol. The zero-order valence-corrected chi connectivity index (χ0v) is 22.9. The van der Waals surface area contributed by atoms with E-state index in [2.05, 4.69) is 13.8 Å². The standard InChI is InChI=1S/C29H31F3N4O2S/c1-17(2)26-25(19-5-4-6-21(13-19)38-3)34-28(39-26)36-16-23(27(37)35-11-9-18(15-33)10-12-35)22-14-20(29(30,31)32)7-8-24(22)36/h4-8,13-14,16-18H,9-12,15,33H2,1-3H3. The number of likely N-dealkylation sites (tertiary alicyclic amines) is 1. The SMILES string of the molecule is COc1cccc(-c2nc(-n3cc(C(=O)N4CCC(CN)CC4)c4cc(C(F)(F)F)ccc43)sc2C(C)C)c1. The number of amides is 1. The highest BCUT2D eigenvalue weighted by Crippen LogP contribution is 2.39. The third-order valence-electron chi connectivity index (χ3n) is 7.31. The van der Waals surface area contributed by atoms with Gasteiger partial charge in [0.2, 0.25) is 0 Å². The summed E-state index contributed by atoms with van der Waals surface area (Å²) in [4.78, 5) is 21.3. The van der Waals surface area contributed by atoms with Crippen molar-refractivity contribution in [1.82, 2.24) is 14.5 Å². The van der Waals surface area contributed by atoms with Crippen LogP contribution in [-0.2, 0) is 6.18 Å². The normalized spacial score (nSPS) is 14.9. The summed E-state index contributed by atoms with van der Waals surface area (Å²) in [6, 6.07) is 11.2. The maximum atomic E-state index is 13.7. The van der Waals surface area contributed by atoms with Crippen molar-refractivity contribution in [1.29, 1.82) is 0 Å². The molecule has 206 valence electrons. The summed E-state index contributed by atoms with van der Waals surface area (Å²) in [5.74, 6) is 0.935. The van der Waals surface area contributed by atoms with Crippen LogP contribution < -0.4 is 10.5 Å². The molecule has 0 unspecified atom stereocenters. The molecule has 3 heterocycles. The fraction of sp³-hybridized carbons (Fsp3) is 0.379. The van der Waals surface area contributed by atoms with Crippen molar-refractivity contribution in [2.75, 3.05) is 26.7 Å². The van der Waals surface area contributed by atoms with Crippen LogP contribution in [0.2, 0.25) is 0 Å². The first-order chi connectivity index (χ1) is 18.6. The van der Waals surface area contributed by atoms with E-state index in [4.69, 9.17) is 15.5 Å². The van der Waals surface area contributed by atoms with Crippen LogP contribution in [-0.4, -0.2) is 47.1 Å². The molecule has 1 fully saturated rings. The molecule has 1 aliphatic rings. The molecule has 6 nitrogen and oxygen atoms in total. The summed E-state index contributed by atoms with van der Waals surface area (Å²) in [6.45, 7) is 5.77. The number of nitrogens with two attached hydrogens (primary N) is 1. The lowest BCUT2D eigenvalue weighted by molar-refractivity contribution is -0.137. The number of fused-ring (bicyclic) bond motifs is 1. The van der Waals surface area contributed by atoms with Gasteiger partial charge < -0.3 is 15.4 Å². The third kappa shape index (κ3) is 5.27. The fourth-order valence-corrected chi connectivity index (χ4v) is 6.15. The number of carbonyl (C=O) groups excluding carboxylic acids is 1. The van der Waals surface area contributed by atoms with Crippen LogP contribution in [0.3, 0.4) is 0 Å². The summed E-state index contributed by atoms with van der Waals surface area (Å²) < 4.78 is 48.2. The molecule has 2 aromatic heterocycles. The van der Waals surface area contributed by atoms with Crippen LogP contribution >= 0.6 is 11.3 Å². The molecule has 1 saturated heterocycles. The highest BCUT2D eigenvalue weighted by atomic mass is 32.1. The van der Waals surface area contributed by atoms with E-state index in [9.17, 15) is 18.0 Å². The van der Waals surface area contributed by atoms with Gasteiger partial charge in [-0.2, -0.15) is 13.2 Å². The first-order valence-electron chi connectivity index (χ1n) is 13.0. The van der Waals surface area contributed by atoms with Crippen LogP contribution in [0.4, 0.5) is 13.2 Å². The first kappa shape index (κ1) is 27.2. The smallest absolute Gasteiger partial charge is 0.416 e. The summed E-state index contributed by atoms with van der Waals surface area (Å²) in [6.07, 6.45) is -1.33. The Balaban J connectivity index is 1.64. The average Bonchev–Trinajstić information content (AvgIpc) is 3.54. The van der Waals surface area contributed by atoms with Crippen LogP contribution in [0.25, 0.3) is 27.3 Å². The van der Waals surface area contributed by atoms with Gasteiger partial charge in [-0.25, -0.2) is 4.98 Å². The molecule has 2 N–H and O–H groups in total. The topological polar surface area (TPSA) is 73.4 Å². The molecule has 10 heteroatoms. The van der Waals surface area contributed by atoms with Gasteiger partial charge in [0.15, 0.2) is 5.13 Å². The Morgan fingerprint density at radius 1 is 1.18 bits per heavy atom. The van der Waals surface area contributed by atoms with Gasteiger partial charge in [-0.3, -0.25) is 9.36 Å². The monoisotopic (exact) mass is 556 g/mol. The number of benzene rings is 2. The van der Waals surface area contributed by atoms with Crippen molar-refractivity contribution >= 4 is 28.1 Å². The molecule has 0 atom stereocenters. The van der Waals surface area contributed by atoms with Crippen molar-refractivity contribution in [2.45, 2.75) is 38.8 Å². The number of carbonyl (C=O) groups is 1. The summed E-state index contributed by atoms with van der Waals surface area (Å²) in [5, 5.41) is 0.849. The minimum Gasteiger partial charge on any atom is -0.497 e. The van der Waals surface area contributed by atoms with Gasteiger partial charge in [0.05, 0.1) is 29.4 Å². The maximum absolute atomic E-state index is 13.7. The van der Waals surface area contributed by atoms with E-state index in [0.717, 1.165) is 41.1 Å². The Kier molecular flexibility index (Phi) is 7.43. The highest BCUT2D eigenvalue weighted by Gasteiger charge is 2.33. The number of hydrogen-bond acceptors (Lipinski definition) is 5. The zero-order valence-electron chi connectivity index (χ0n) is 22.1. The molecule has 0 spiro atoms. The number of piperidine rings is 1. The predicted molar refractivity (Wildman–Crippen MR) is 148 cm³/mol. The first-order valence-corrected chi connectivity index (χ1v) is 13.8. The molecule has 0 aliphatic carbocycles. The quantitative estimate of drug-likeness (QED) is 0.286. The number of alkyl halides is 3. The number of hydrogen-bond donors (Lipinski definition) is 1. The van der Waals surface area contributed by atoms with Crippen molar-refractivity contribution < 1.29 is 22.7 Å². The molecule has 0 radical (unpaired) electrons. The molecule has 1 amide bonds. The number of methoxy groups -OCH3 is 1. The lowest BCUT2D eigenvalue weighted by Crippen LogP contribution is -2.40. The van der Waals surface area contributed by atoms with Gasteiger partial charge in [0.1, 0.15) is 5.75 Å². The third-order valence-corrected chi connectivity index (χ3v) is 8.67. The Bertz CT molecular complexity index is 1500. The second-order valence-electron chi connectivity index (χ2n) is 10.2. The Labute approximate surface area is 229 Å². The van der Waals surface area contributed by atoms with Gasteiger partial charge >= 0.3 is 6.18 Å². The van der Waals surface area contributed by atoms with Crippen LogP contribution in [0, 0.1) is 5.92 Å². The van der Waals surface area contributed by atoms with Crippen molar-refractivity contribution in [3.8, 4) is 22.1 Å². The highest BCUT2D eigenvalue weighted by molar-refractivity contribution is 7.14. The minimum atomic E-state index is -4.53. The van der Waals surface area contributed by atoms with E-state index in [1.165, 1.54) is 17.4 Å². The van der Waals surface area contributed by atoms with Gasteiger partial charge in [-0.1, -0.05) is 26.0 Å². The van der Waals surface area contributed by atoms with Gasteiger partial charge in [-0.15, -0.1) is 11.3 Å². The molecule has 5 rings (SSSR count). The number of aromatic nitrogens is 2. The van der Waals surface area contributed by atoms with E-state index in [1.54, 1.807) is 22.8 Å². The van der Waals surface area contributed by atoms with Crippen LogP contribution in [0.5, 0.6) is 5.75 Å². The summed E-state index contributed by atoms with van der Waals surface area (Å²) in [5.41, 5.74) is 7.43. The average molecular weight is 557 g/mol. The van der Waals surface area contributed by atoms with E-state index in [-0.39, 0.29) is 22.8 Å². The second-order valence-corrected chi connectivity index (χ2v) is 11.2. The molecule has 1 aliphatic heterocycles. The molecule has 4 aromatic rings. The largest absolute Gasteiger partial charge is 0.497 e. The van der Waals surface area contributed by atoms with Crippen molar-refractivity contribution in [3.05, 3.63) is 64.7 Å². The number of thiazole rings is 1. The number of halogens is 3. The fourth-order valence-electron chi connectivity index (χ4n) is 5.07. The van der Waals surface area contributed by atoms with Crippen LogP contribution in [0.1, 0.15) is 53.4 Å². The molecular formula is C29H31F3N4O2S. The maximum Gasteiger partial charge on any atom is 0.416 e. The Morgan fingerprint density at radius 3 is 2.56 bits per heavy atom. The summed E-state index contributed by atoms with van der Waals surface area (Å²) >= 11 is 1.47. The molecule has 2 aromatic carbocycles. The lowest BCUT2D eigenvalue weighted by Gasteiger charge is -2.31. The molecule has 0 bridgehead atoms. The number of nitrogens with zero attached hydrogens (tertiary/aromatic N) is 3.